The minimum Gasteiger partial charge on any atom is -0.360 e. The summed E-state index contributed by atoms with van der Waals surface area (Å²) in [6.07, 6.45) is 0. The monoisotopic (exact) mass is 314 g/mol. The van der Waals surface area contributed by atoms with Crippen molar-refractivity contribution < 1.29 is 9.72 Å². The zero-order valence-corrected chi connectivity index (χ0v) is 12.6. The van der Waals surface area contributed by atoms with E-state index in [0.717, 1.165) is 13.1 Å². The topological polar surface area (TPSA) is 87.5 Å². The minimum absolute atomic E-state index is 0. The molecule has 1 aliphatic rings. The number of hydrogen-bond donors (Lipinski definition) is 2. The number of nitro benzene ring substituents is 1. The Bertz CT molecular complexity index is 508. The number of hydrogen-bond acceptors (Lipinski definition) is 5. The van der Waals surface area contributed by atoms with Crippen LogP contribution in [-0.2, 0) is 4.79 Å². The zero-order chi connectivity index (χ0) is 14.5. The minimum atomic E-state index is -0.441. The first-order valence-electron chi connectivity index (χ1n) is 6.50. The number of nitrogens with one attached hydrogen (secondary N) is 2. The second-order valence-corrected chi connectivity index (χ2v) is 4.93. The summed E-state index contributed by atoms with van der Waals surface area (Å²) in [7, 11) is 1.67. The lowest BCUT2D eigenvalue weighted by Crippen LogP contribution is -2.49. The Hall–Kier alpha value is -1.86. The van der Waals surface area contributed by atoms with Crippen LogP contribution in [0.5, 0.6) is 0 Å². The summed E-state index contributed by atoms with van der Waals surface area (Å²) < 4.78 is 0. The van der Waals surface area contributed by atoms with Gasteiger partial charge in [0.05, 0.1) is 11.5 Å². The summed E-state index contributed by atoms with van der Waals surface area (Å²) in [5, 5.41) is 16.9. The summed E-state index contributed by atoms with van der Waals surface area (Å²) >= 11 is 0. The van der Waals surface area contributed by atoms with Crippen molar-refractivity contribution in [3.05, 3.63) is 34.4 Å². The number of carbonyl (C=O) groups is 1. The Balaban J connectivity index is 0.00000220. The highest BCUT2D eigenvalue weighted by Crippen LogP contribution is 2.26. The molecule has 1 fully saturated rings. The molecule has 0 saturated carbocycles. The number of halogens is 1. The van der Waals surface area contributed by atoms with Gasteiger partial charge in [-0.1, -0.05) is 12.1 Å². The van der Waals surface area contributed by atoms with Crippen molar-refractivity contribution in [3.63, 3.8) is 0 Å². The lowest BCUT2D eigenvalue weighted by atomic mass is 10.0. The average molecular weight is 315 g/mol. The molecule has 2 rings (SSSR count). The van der Waals surface area contributed by atoms with Crippen LogP contribution in [0.4, 0.5) is 11.4 Å². The fourth-order valence-electron chi connectivity index (χ4n) is 2.05. The maximum absolute atomic E-state index is 11.8. The van der Waals surface area contributed by atoms with Crippen LogP contribution in [0.15, 0.2) is 24.3 Å². The summed E-state index contributed by atoms with van der Waals surface area (Å²) in [6.45, 7) is 2.61. The van der Waals surface area contributed by atoms with Gasteiger partial charge >= 0.3 is 0 Å². The first-order chi connectivity index (χ1) is 9.58. The van der Waals surface area contributed by atoms with E-state index in [0.29, 0.717) is 18.2 Å². The highest BCUT2D eigenvalue weighted by Gasteiger charge is 2.20. The number of para-hydroxylation sites is 2. The molecule has 0 bridgehead atoms. The molecular weight excluding hydrogens is 296 g/mol. The van der Waals surface area contributed by atoms with E-state index in [1.807, 2.05) is 0 Å². The standard InChI is InChI=1S/C13H18N4O3.ClH/c1-16(9-13(18)15-8-10-6-14-7-10)11-4-2-3-5-12(11)17(19)20;/h2-5,10,14H,6-9H2,1H3,(H,15,18);1H. The number of nitrogens with zero attached hydrogens (tertiary/aromatic N) is 2. The first kappa shape index (κ1) is 17.2. The Kier molecular flexibility index (Phi) is 6.39. The predicted molar refractivity (Wildman–Crippen MR) is 83.0 cm³/mol. The third kappa shape index (κ3) is 4.57. The van der Waals surface area contributed by atoms with E-state index in [4.69, 9.17) is 0 Å². The SMILES string of the molecule is CN(CC(=O)NCC1CNC1)c1ccccc1[N+](=O)[O-].Cl. The molecule has 21 heavy (non-hydrogen) atoms. The van der Waals surface area contributed by atoms with E-state index in [1.54, 1.807) is 30.1 Å². The van der Waals surface area contributed by atoms with Crippen LogP contribution in [0, 0.1) is 16.0 Å². The van der Waals surface area contributed by atoms with Gasteiger partial charge in [-0.15, -0.1) is 12.4 Å². The van der Waals surface area contributed by atoms with E-state index in [9.17, 15) is 14.9 Å². The molecular formula is C13H19ClN4O3. The summed E-state index contributed by atoms with van der Waals surface area (Å²) in [6, 6.07) is 6.40. The van der Waals surface area contributed by atoms with Gasteiger partial charge in [-0.05, 0) is 6.07 Å². The van der Waals surface area contributed by atoms with Crippen molar-refractivity contribution in [1.82, 2.24) is 10.6 Å². The van der Waals surface area contributed by atoms with Crippen molar-refractivity contribution in [2.45, 2.75) is 0 Å². The van der Waals surface area contributed by atoms with Crippen LogP contribution in [-0.4, -0.2) is 44.1 Å². The van der Waals surface area contributed by atoms with Gasteiger partial charge in [-0.25, -0.2) is 0 Å². The van der Waals surface area contributed by atoms with Crippen molar-refractivity contribution in [1.29, 1.82) is 0 Å². The summed E-state index contributed by atoms with van der Waals surface area (Å²) in [5.74, 6) is 0.368. The van der Waals surface area contributed by atoms with Crippen LogP contribution in [0.1, 0.15) is 0 Å². The van der Waals surface area contributed by atoms with Gasteiger partial charge in [0.15, 0.2) is 0 Å². The molecule has 0 radical (unpaired) electrons. The van der Waals surface area contributed by atoms with Gasteiger partial charge in [0.2, 0.25) is 5.91 Å². The summed E-state index contributed by atoms with van der Waals surface area (Å²) in [4.78, 5) is 23.9. The van der Waals surface area contributed by atoms with Crippen LogP contribution < -0.4 is 15.5 Å². The third-order valence-electron chi connectivity index (χ3n) is 3.32. The van der Waals surface area contributed by atoms with Crippen molar-refractivity contribution >= 4 is 29.7 Å². The lowest BCUT2D eigenvalue weighted by Gasteiger charge is -2.27. The molecule has 2 N–H and O–H groups in total. The van der Waals surface area contributed by atoms with Gasteiger partial charge in [-0.2, -0.15) is 0 Å². The Morgan fingerprint density at radius 2 is 2.14 bits per heavy atom. The molecule has 0 unspecified atom stereocenters. The van der Waals surface area contributed by atoms with E-state index in [2.05, 4.69) is 10.6 Å². The number of rotatable bonds is 6. The lowest BCUT2D eigenvalue weighted by molar-refractivity contribution is -0.384. The molecule has 1 amide bonds. The highest BCUT2D eigenvalue weighted by molar-refractivity contribution is 5.85. The third-order valence-corrected chi connectivity index (χ3v) is 3.32. The molecule has 1 aromatic rings. The molecule has 1 heterocycles. The maximum Gasteiger partial charge on any atom is 0.292 e. The van der Waals surface area contributed by atoms with E-state index in [-0.39, 0.29) is 30.5 Å². The number of anilines is 1. The number of nitro groups is 1. The molecule has 8 heteroatoms. The van der Waals surface area contributed by atoms with Gasteiger partial charge < -0.3 is 15.5 Å². The molecule has 0 spiro atoms. The quantitative estimate of drug-likeness (QED) is 0.599. The Labute approximate surface area is 129 Å². The van der Waals surface area contributed by atoms with E-state index in [1.165, 1.54) is 6.07 Å². The molecule has 116 valence electrons. The Morgan fingerprint density at radius 3 is 2.71 bits per heavy atom. The zero-order valence-electron chi connectivity index (χ0n) is 11.7. The van der Waals surface area contributed by atoms with Gasteiger partial charge in [0.25, 0.3) is 5.69 Å². The number of likely N-dealkylation sites (N-methyl/N-ethyl adjacent to an activating group) is 1. The largest absolute Gasteiger partial charge is 0.360 e. The van der Waals surface area contributed by atoms with Gasteiger partial charge in [0.1, 0.15) is 5.69 Å². The smallest absolute Gasteiger partial charge is 0.292 e. The second kappa shape index (κ2) is 7.80. The molecule has 7 nitrogen and oxygen atoms in total. The Morgan fingerprint density at radius 1 is 1.48 bits per heavy atom. The van der Waals surface area contributed by atoms with Crippen LogP contribution >= 0.6 is 12.4 Å². The first-order valence-corrected chi connectivity index (χ1v) is 6.50. The number of carbonyl (C=O) groups excluding carboxylic acids is 1. The van der Waals surface area contributed by atoms with E-state index >= 15 is 0 Å². The fourth-order valence-corrected chi connectivity index (χ4v) is 2.05. The van der Waals surface area contributed by atoms with Crippen LogP contribution in [0.3, 0.4) is 0 Å². The second-order valence-electron chi connectivity index (χ2n) is 4.93. The fraction of sp³-hybridized carbons (Fsp3) is 0.462. The number of amides is 1. The molecule has 1 saturated heterocycles. The van der Waals surface area contributed by atoms with Crippen molar-refractivity contribution in [2.24, 2.45) is 5.92 Å². The number of benzene rings is 1. The van der Waals surface area contributed by atoms with Crippen molar-refractivity contribution in [2.75, 3.05) is 38.1 Å². The highest BCUT2D eigenvalue weighted by atomic mass is 35.5. The van der Waals surface area contributed by atoms with Crippen molar-refractivity contribution in [3.8, 4) is 0 Å². The van der Waals surface area contributed by atoms with Crippen LogP contribution in [0.25, 0.3) is 0 Å². The van der Waals surface area contributed by atoms with Gasteiger partial charge in [-0.3, -0.25) is 14.9 Å². The van der Waals surface area contributed by atoms with E-state index < -0.39 is 4.92 Å². The molecule has 0 aromatic heterocycles. The molecule has 0 atom stereocenters. The normalized spacial score (nSPS) is 13.8. The molecule has 1 aromatic carbocycles. The molecule has 1 aliphatic heterocycles. The predicted octanol–water partition coefficient (Wildman–Crippen LogP) is 0.788. The average Bonchev–Trinajstić information content (AvgIpc) is 2.36. The summed E-state index contributed by atoms with van der Waals surface area (Å²) in [5.41, 5.74) is 0.448. The van der Waals surface area contributed by atoms with Gasteiger partial charge in [0, 0.05) is 38.7 Å². The molecule has 0 aliphatic carbocycles. The van der Waals surface area contributed by atoms with Crippen LogP contribution in [0.2, 0.25) is 0 Å². The maximum atomic E-state index is 11.8.